The summed E-state index contributed by atoms with van der Waals surface area (Å²) in [5, 5.41) is 20.0. The number of rotatable bonds is 7. The number of hydrogen-bond acceptors (Lipinski definition) is 7. The second-order valence-corrected chi connectivity index (χ2v) is 8.97. The monoisotopic (exact) mass is 452 g/mol. The molecular weight excluding hydrogens is 428 g/mol. The Morgan fingerprint density at radius 3 is 2.81 bits per heavy atom. The summed E-state index contributed by atoms with van der Waals surface area (Å²) in [5.74, 6) is 0.559. The van der Waals surface area contributed by atoms with Crippen molar-refractivity contribution in [3.8, 4) is 6.07 Å². The highest BCUT2D eigenvalue weighted by Gasteiger charge is 2.20. The molecule has 2 aliphatic rings. The molecule has 2 N–H and O–H groups in total. The lowest BCUT2D eigenvalue weighted by molar-refractivity contribution is 0.337. The molecule has 8 heteroatoms. The molecule has 4 rings (SSSR count). The molecule has 1 saturated heterocycles. The topological polar surface area (TPSA) is 76.9 Å². The van der Waals surface area contributed by atoms with Gasteiger partial charge in [-0.2, -0.15) is 5.26 Å². The van der Waals surface area contributed by atoms with Gasteiger partial charge in [-0.1, -0.05) is 35.5 Å². The van der Waals surface area contributed by atoms with Gasteiger partial charge in [0.1, 0.15) is 11.6 Å². The fraction of sp³-hybridized carbons (Fsp3) is 0.348. The van der Waals surface area contributed by atoms with Crippen molar-refractivity contribution in [2.75, 3.05) is 31.5 Å². The van der Waals surface area contributed by atoms with E-state index >= 15 is 0 Å². The second-order valence-electron chi connectivity index (χ2n) is 7.65. The van der Waals surface area contributed by atoms with Gasteiger partial charge in [0.2, 0.25) is 5.95 Å². The van der Waals surface area contributed by atoms with Gasteiger partial charge in [0, 0.05) is 23.2 Å². The molecule has 1 aromatic carbocycles. The first-order chi connectivity index (χ1) is 15.1. The Bertz CT molecular complexity index is 1040. The maximum absolute atomic E-state index is 9.90. The lowest BCUT2D eigenvalue weighted by Crippen LogP contribution is -2.22. The molecule has 0 spiro atoms. The van der Waals surface area contributed by atoms with E-state index in [-0.39, 0.29) is 0 Å². The van der Waals surface area contributed by atoms with Crippen LogP contribution in [0.3, 0.4) is 0 Å². The van der Waals surface area contributed by atoms with E-state index in [2.05, 4.69) is 31.6 Å². The van der Waals surface area contributed by atoms with Gasteiger partial charge in [0.05, 0.1) is 16.4 Å². The molecule has 0 amide bonds. The molecule has 0 aliphatic carbocycles. The number of allylic oxidation sites excluding steroid dienone is 1. The summed E-state index contributed by atoms with van der Waals surface area (Å²) in [6.45, 7) is 6.26. The number of halogens is 1. The second kappa shape index (κ2) is 10.2. The summed E-state index contributed by atoms with van der Waals surface area (Å²) in [6.07, 6.45) is 5.44. The first-order valence-corrected chi connectivity index (χ1v) is 11.7. The molecule has 6 nitrogen and oxygen atoms in total. The number of thioether (sulfide) groups is 1. The van der Waals surface area contributed by atoms with Crippen LogP contribution in [-0.2, 0) is 0 Å². The lowest BCUT2D eigenvalue weighted by Gasteiger charge is -2.14. The van der Waals surface area contributed by atoms with Crippen LogP contribution in [0.2, 0.25) is 5.02 Å². The number of anilines is 1. The fourth-order valence-corrected chi connectivity index (χ4v) is 4.68. The number of hydrogen-bond donors (Lipinski definition) is 2. The van der Waals surface area contributed by atoms with Gasteiger partial charge in [-0.05, 0) is 69.1 Å². The van der Waals surface area contributed by atoms with E-state index in [0.717, 1.165) is 41.4 Å². The Morgan fingerprint density at radius 1 is 1.29 bits per heavy atom. The van der Waals surface area contributed by atoms with E-state index < -0.39 is 0 Å². The molecule has 2 aromatic rings. The number of aryl methyl sites for hydroxylation is 1. The normalized spacial score (nSPS) is 17.8. The van der Waals surface area contributed by atoms with E-state index in [1.54, 1.807) is 6.20 Å². The van der Waals surface area contributed by atoms with Crippen LogP contribution in [0, 0.1) is 18.3 Å². The molecule has 3 heterocycles. The number of benzene rings is 1. The Hall–Kier alpha value is -2.53. The van der Waals surface area contributed by atoms with Crippen LogP contribution in [-0.4, -0.2) is 41.0 Å². The standard InChI is InChI=1S/C23H25ClN6S/c1-16-14-27-23(26-9-4-12-30-10-2-3-11-30)29-21(16)19(13-25)22-28-20(15-31-22)17-5-7-18(24)8-6-17/h5-8,14-15,28H,2-4,9-12H2,1H3,(H,26,27,29)/b22-19+. The maximum Gasteiger partial charge on any atom is 0.223 e. The number of likely N-dealkylation sites (tertiary alicyclic amines) is 1. The molecule has 31 heavy (non-hydrogen) atoms. The molecule has 0 saturated carbocycles. The number of aromatic nitrogens is 2. The van der Waals surface area contributed by atoms with E-state index in [1.165, 1.54) is 37.7 Å². The molecule has 0 bridgehead atoms. The summed E-state index contributed by atoms with van der Waals surface area (Å²) in [5.41, 5.74) is 4.00. The van der Waals surface area contributed by atoms with E-state index in [0.29, 0.717) is 22.2 Å². The van der Waals surface area contributed by atoms with Crippen LogP contribution in [0.25, 0.3) is 11.3 Å². The first-order valence-electron chi connectivity index (χ1n) is 10.5. The third-order valence-corrected chi connectivity index (χ3v) is 6.53. The highest BCUT2D eigenvalue weighted by molar-refractivity contribution is 8.06. The molecule has 160 valence electrons. The molecule has 2 aliphatic heterocycles. The van der Waals surface area contributed by atoms with Gasteiger partial charge in [-0.25, -0.2) is 9.97 Å². The van der Waals surface area contributed by atoms with Gasteiger partial charge < -0.3 is 15.5 Å². The van der Waals surface area contributed by atoms with Crippen molar-refractivity contribution in [2.45, 2.75) is 26.2 Å². The SMILES string of the molecule is Cc1cnc(NCCCN2CCCC2)nc1/C(C#N)=C1\NC(c2ccc(Cl)cc2)=CS1. The maximum atomic E-state index is 9.90. The predicted octanol–water partition coefficient (Wildman–Crippen LogP) is 4.86. The lowest BCUT2D eigenvalue weighted by atomic mass is 10.1. The summed E-state index contributed by atoms with van der Waals surface area (Å²) >= 11 is 7.48. The van der Waals surface area contributed by atoms with Crippen LogP contribution < -0.4 is 10.6 Å². The Labute approximate surface area is 192 Å². The Balaban J connectivity index is 1.45. The molecule has 0 unspecified atom stereocenters. The van der Waals surface area contributed by atoms with Crippen LogP contribution in [0.5, 0.6) is 0 Å². The minimum Gasteiger partial charge on any atom is -0.354 e. The van der Waals surface area contributed by atoms with Gasteiger partial charge in [-0.3, -0.25) is 0 Å². The van der Waals surface area contributed by atoms with Crippen molar-refractivity contribution >= 4 is 40.6 Å². The van der Waals surface area contributed by atoms with Crippen molar-refractivity contribution < 1.29 is 0 Å². The molecule has 0 atom stereocenters. The highest BCUT2D eigenvalue weighted by atomic mass is 35.5. The third kappa shape index (κ3) is 5.40. The Morgan fingerprint density at radius 2 is 2.06 bits per heavy atom. The van der Waals surface area contributed by atoms with Crippen molar-refractivity contribution in [3.63, 3.8) is 0 Å². The first kappa shape index (κ1) is 21.7. The van der Waals surface area contributed by atoms with Gasteiger partial charge in [0.25, 0.3) is 0 Å². The number of nitrogens with zero attached hydrogens (tertiary/aromatic N) is 4. The van der Waals surface area contributed by atoms with Crippen molar-refractivity contribution in [1.82, 2.24) is 20.2 Å². The predicted molar refractivity (Wildman–Crippen MR) is 128 cm³/mol. The van der Waals surface area contributed by atoms with E-state index in [9.17, 15) is 5.26 Å². The summed E-state index contributed by atoms with van der Waals surface area (Å²) in [7, 11) is 0. The van der Waals surface area contributed by atoms with Crippen molar-refractivity contribution in [1.29, 1.82) is 5.26 Å². The number of nitrogens with one attached hydrogen (secondary N) is 2. The smallest absolute Gasteiger partial charge is 0.223 e. The van der Waals surface area contributed by atoms with Gasteiger partial charge in [0.15, 0.2) is 0 Å². The average Bonchev–Trinajstić information content (AvgIpc) is 3.47. The fourth-order valence-electron chi connectivity index (χ4n) is 3.69. The number of nitriles is 1. The largest absolute Gasteiger partial charge is 0.354 e. The molecule has 1 aromatic heterocycles. The van der Waals surface area contributed by atoms with Crippen LogP contribution >= 0.6 is 23.4 Å². The Kier molecular flexibility index (Phi) is 7.13. The van der Waals surface area contributed by atoms with Crippen LogP contribution in [0.4, 0.5) is 5.95 Å². The minimum absolute atomic E-state index is 0.519. The zero-order valence-electron chi connectivity index (χ0n) is 17.5. The molecule has 0 radical (unpaired) electrons. The van der Waals surface area contributed by atoms with Gasteiger partial charge in [-0.15, -0.1) is 0 Å². The van der Waals surface area contributed by atoms with Crippen molar-refractivity contribution in [2.24, 2.45) is 0 Å². The minimum atomic E-state index is 0.519. The zero-order valence-corrected chi connectivity index (χ0v) is 19.1. The molecule has 1 fully saturated rings. The summed E-state index contributed by atoms with van der Waals surface area (Å²) < 4.78 is 0. The van der Waals surface area contributed by atoms with E-state index in [1.807, 2.05) is 36.6 Å². The highest BCUT2D eigenvalue weighted by Crippen LogP contribution is 2.35. The van der Waals surface area contributed by atoms with E-state index in [4.69, 9.17) is 11.6 Å². The van der Waals surface area contributed by atoms with Crippen LogP contribution in [0.15, 0.2) is 40.9 Å². The third-order valence-electron chi connectivity index (χ3n) is 5.38. The van der Waals surface area contributed by atoms with Crippen LogP contribution in [0.1, 0.15) is 36.1 Å². The summed E-state index contributed by atoms with van der Waals surface area (Å²) in [4.78, 5) is 11.6. The van der Waals surface area contributed by atoms with Gasteiger partial charge >= 0.3 is 0 Å². The van der Waals surface area contributed by atoms with Crippen molar-refractivity contribution in [3.05, 3.63) is 62.7 Å². The summed E-state index contributed by atoms with van der Waals surface area (Å²) in [6, 6.07) is 9.95. The quantitative estimate of drug-likeness (QED) is 0.458. The zero-order chi connectivity index (χ0) is 21.6. The molecular formula is C23H25ClN6S. The average molecular weight is 453 g/mol.